The molecule has 0 amide bonds. The summed E-state index contributed by atoms with van der Waals surface area (Å²) in [5.74, 6) is 0.460. The second-order valence-electron chi connectivity index (χ2n) is 3.54. The Morgan fingerprint density at radius 1 is 1.53 bits per heavy atom. The van der Waals surface area contributed by atoms with Crippen molar-refractivity contribution >= 4 is 23.5 Å². The van der Waals surface area contributed by atoms with Crippen molar-refractivity contribution in [1.29, 1.82) is 5.41 Å². The number of aliphatic imine (C=N–C) groups is 1. The number of piperidine rings is 1. The van der Waals surface area contributed by atoms with Gasteiger partial charge in [-0.1, -0.05) is 11.6 Å². The Bertz CT molecular complexity index is 257. The molecule has 0 atom stereocenters. The van der Waals surface area contributed by atoms with Crippen LogP contribution in [0.2, 0.25) is 0 Å². The number of halogens is 1. The summed E-state index contributed by atoms with van der Waals surface area (Å²) in [4.78, 5) is 5.98. The lowest BCUT2D eigenvalue weighted by atomic mass is 10.1. The molecule has 84 valence electrons. The van der Waals surface area contributed by atoms with E-state index in [9.17, 15) is 0 Å². The molecule has 5 heteroatoms. The molecule has 1 aliphatic heterocycles. The van der Waals surface area contributed by atoms with Crippen LogP contribution in [-0.4, -0.2) is 43.0 Å². The van der Waals surface area contributed by atoms with Crippen LogP contribution in [0.4, 0.5) is 0 Å². The molecule has 0 aromatic heterocycles. The van der Waals surface area contributed by atoms with E-state index in [0.29, 0.717) is 5.76 Å². The molecule has 4 nitrogen and oxygen atoms in total. The Balaban J connectivity index is 2.42. The van der Waals surface area contributed by atoms with Crippen molar-refractivity contribution in [3.63, 3.8) is 0 Å². The van der Waals surface area contributed by atoms with E-state index in [1.165, 1.54) is 6.20 Å². The van der Waals surface area contributed by atoms with E-state index < -0.39 is 0 Å². The van der Waals surface area contributed by atoms with Gasteiger partial charge in [-0.2, -0.15) is 0 Å². The number of ether oxygens (including phenoxy) is 1. The largest absolute Gasteiger partial charge is 0.487 e. The van der Waals surface area contributed by atoms with Gasteiger partial charge in [0.05, 0.1) is 18.1 Å². The smallest absolute Gasteiger partial charge is 0.155 e. The van der Waals surface area contributed by atoms with Crippen molar-refractivity contribution in [3.8, 4) is 0 Å². The third kappa shape index (κ3) is 4.44. The molecule has 1 fully saturated rings. The molecule has 1 saturated heterocycles. The van der Waals surface area contributed by atoms with Crippen LogP contribution < -0.4 is 0 Å². The van der Waals surface area contributed by atoms with Gasteiger partial charge in [0.15, 0.2) is 5.76 Å². The third-order valence-electron chi connectivity index (χ3n) is 2.37. The van der Waals surface area contributed by atoms with Crippen LogP contribution in [0.15, 0.2) is 17.0 Å². The summed E-state index contributed by atoms with van der Waals surface area (Å²) in [5.41, 5.74) is 1.15. The number of hydrogen-bond acceptors (Lipinski definition) is 4. The van der Waals surface area contributed by atoms with Gasteiger partial charge in [0.2, 0.25) is 0 Å². The maximum absolute atomic E-state index is 7.15. The zero-order valence-electron chi connectivity index (χ0n) is 8.82. The van der Waals surface area contributed by atoms with Gasteiger partial charge in [0.1, 0.15) is 6.10 Å². The van der Waals surface area contributed by atoms with Crippen molar-refractivity contribution in [3.05, 3.63) is 12.0 Å². The van der Waals surface area contributed by atoms with E-state index in [4.69, 9.17) is 21.7 Å². The van der Waals surface area contributed by atoms with Crippen molar-refractivity contribution in [2.24, 2.45) is 4.99 Å². The number of nitrogens with one attached hydrogen (secondary N) is 1. The number of nitrogens with zero attached hydrogens (tertiary/aromatic N) is 2. The minimum absolute atomic E-state index is 0.194. The average molecular weight is 230 g/mol. The van der Waals surface area contributed by atoms with Gasteiger partial charge in [0, 0.05) is 13.1 Å². The summed E-state index contributed by atoms with van der Waals surface area (Å²) >= 11 is 5.29. The van der Waals surface area contributed by atoms with E-state index in [1.807, 2.05) is 0 Å². The minimum Gasteiger partial charge on any atom is -0.487 e. The van der Waals surface area contributed by atoms with Crippen LogP contribution in [-0.2, 0) is 4.74 Å². The first-order valence-corrected chi connectivity index (χ1v) is 5.37. The summed E-state index contributed by atoms with van der Waals surface area (Å²) < 4.78 is 5.61. The normalized spacial score (nSPS) is 20.8. The predicted molar refractivity (Wildman–Crippen MR) is 62.8 cm³/mol. The summed E-state index contributed by atoms with van der Waals surface area (Å²) in [5, 5.41) is 7.15. The van der Waals surface area contributed by atoms with Gasteiger partial charge in [-0.3, -0.25) is 0 Å². The third-order valence-corrected chi connectivity index (χ3v) is 2.48. The second-order valence-corrected chi connectivity index (χ2v) is 3.74. The van der Waals surface area contributed by atoms with Crippen molar-refractivity contribution < 1.29 is 4.74 Å². The fraction of sp³-hybridized carbons (Fsp3) is 0.600. The van der Waals surface area contributed by atoms with E-state index in [0.717, 1.165) is 37.8 Å². The van der Waals surface area contributed by atoms with E-state index in [-0.39, 0.29) is 6.10 Å². The maximum atomic E-state index is 7.15. The Labute approximate surface area is 95.1 Å². The molecule has 1 rings (SSSR count). The standard InChI is InChI=1S/C10H16ClN3O/c1-14-4-2-9(3-5-14)15-10(6-12)7-13-8-11/h6-9,12H,2-5H2,1H3/b10-7+,12-6?,13-8?. The highest BCUT2D eigenvalue weighted by molar-refractivity contribution is 6.56. The zero-order chi connectivity index (χ0) is 11.1. The SMILES string of the molecule is CN1CCC(O/C(C=N)=C/N=CCl)CC1. The molecule has 0 unspecified atom stereocenters. The van der Waals surface area contributed by atoms with Crippen LogP contribution in [0.25, 0.3) is 0 Å². The van der Waals surface area contributed by atoms with Crippen LogP contribution in [0.5, 0.6) is 0 Å². The molecule has 0 aliphatic carbocycles. The molecule has 0 saturated carbocycles. The molecular formula is C10H16ClN3O. The lowest BCUT2D eigenvalue weighted by Crippen LogP contribution is -2.34. The van der Waals surface area contributed by atoms with Gasteiger partial charge in [-0.15, -0.1) is 0 Å². The fourth-order valence-corrected chi connectivity index (χ4v) is 1.55. The monoisotopic (exact) mass is 229 g/mol. The van der Waals surface area contributed by atoms with Crippen LogP contribution in [0.1, 0.15) is 12.8 Å². The van der Waals surface area contributed by atoms with Gasteiger partial charge in [-0.25, -0.2) is 4.99 Å². The van der Waals surface area contributed by atoms with E-state index >= 15 is 0 Å². The first-order valence-electron chi connectivity index (χ1n) is 4.94. The fourth-order valence-electron chi connectivity index (χ4n) is 1.50. The van der Waals surface area contributed by atoms with Crippen molar-refractivity contribution in [2.75, 3.05) is 20.1 Å². The summed E-state index contributed by atoms with van der Waals surface area (Å²) in [6, 6.07) is 0. The molecule has 0 bridgehead atoms. The highest BCUT2D eigenvalue weighted by atomic mass is 35.5. The topological polar surface area (TPSA) is 48.7 Å². The van der Waals surface area contributed by atoms with E-state index in [2.05, 4.69) is 16.9 Å². The van der Waals surface area contributed by atoms with Crippen LogP contribution >= 0.6 is 11.6 Å². The van der Waals surface area contributed by atoms with Crippen LogP contribution in [0.3, 0.4) is 0 Å². The highest BCUT2D eigenvalue weighted by Gasteiger charge is 2.18. The van der Waals surface area contributed by atoms with Gasteiger partial charge >= 0.3 is 0 Å². The highest BCUT2D eigenvalue weighted by Crippen LogP contribution is 2.14. The van der Waals surface area contributed by atoms with Gasteiger partial charge in [0.25, 0.3) is 0 Å². The van der Waals surface area contributed by atoms with Crippen molar-refractivity contribution in [2.45, 2.75) is 18.9 Å². The second kappa shape index (κ2) is 6.58. The average Bonchev–Trinajstić information content (AvgIpc) is 2.27. The molecule has 1 N–H and O–H groups in total. The maximum Gasteiger partial charge on any atom is 0.155 e. The minimum atomic E-state index is 0.194. The molecule has 0 spiro atoms. The summed E-state index contributed by atoms with van der Waals surface area (Å²) in [6.45, 7) is 2.07. The molecule has 1 aliphatic rings. The lowest BCUT2D eigenvalue weighted by Gasteiger charge is -2.29. The van der Waals surface area contributed by atoms with Gasteiger partial charge in [-0.05, 0) is 19.9 Å². The quantitative estimate of drug-likeness (QED) is 0.591. The number of likely N-dealkylation sites (tertiary alicyclic amines) is 1. The molecular weight excluding hydrogens is 214 g/mol. The molecule has 0 radical (unpaired) electrons. The first-order chi connectivity index (χ1) is 7.26. The molecule has 15 heavy (non-hydrogen) atoms. The zero-order valence-corrected chi connectivity index (χ0v) is 9.57. The molecule has 0 aromatic carbocycles. The summed E-state index contributed by atoms with van der Waals surface area (Å²) in [7, 11) is 2.10. The first kappa shape index (κ1) is 12.2. The Hall–Kier alpha value is -0.870. The Morgan fingerprint density at radius 3 is 2.73 bits per heavy atom. The Morgan fingerprint density at radius 2 is 2.20 bits per heavy atom. The lowest BCUT2D eigenvalue weighted by molar-refractivity contribution is 0.0679. The number of allylic oxidation sites excluding steroid dienone is 1. The molecule has 1 heterocycles. The molecule has 0 aromatic rings. The van der Waals surface area contributed by atoms with Crippen molar-refractivity contribution in [1.82, 2.24) is 4.90 Å². The van der Waals surface area contributed by atoms with Gasteiger partial charge < -0.3 is 15.0 Å². The number of rotatable bonds is 4. The number of hydrogen-bond donors (Lipinski definition) is 1. The summed E-state index contributed by atoms with van der Waals surface area (Å²) in [6.07, 6.45) is 4.79. The van der Waals surface area contributed by atoms with Crippen LogP contribution in [0, 0.1) is 5.41 Å². The Kier molecular flexibility index (Phi) is 5.36. The van der Waals surface area contributed by atoms with E-state index in [1.54, 1.807) is 0 Å². The predicted octanol–water partition coefficient (Wildman–Crippen LogP) is 1.86.